The fraction of sp³-hybridized carbons (Fsp3) is 0.455. The van der Waals surface area contributed by atoms with Crippen molar-refractivity contribution < 1.29 is 9.84 Å². The molecule has 0 aromatic heterocycles. The topological polar surface area (TPSA) is 32.7 Å². The minimum atomic E-state index is 0.00159. The molecular weight excluding hydrogens is 310 g/mol. The Morgan fingerprint density at radius 2 is 1.92 bits per heavy atom. The van der Waals surface area contributed by atoms with Crippen LogP contribution in [0.2, 0.25) is 0 Å². The van der Waals surface area contributed by atoms with E-state index in [1.54, 1.807) is 0 Å². The number of phenolic OH excluding ortho intramolecular Hbond substituents is 1. The van der Waals surface area contributed by atoms with Gasteiger partial charge in [-0.25, -0.2) is 0 Å². The van der Waals surface area contributed by atoms with Gasteiger partial charge in [0.05, 0.1) is 0 Å². The molecule has 0 bridgehead atoms. The second-order valence-corrected chi connectivity index (χ2v) is 6.98. The lowest BCUT2D eigenvalue weighted by Crippen LogP contribution is -2.49. The van der Waals surface area contributed by atoms with E-state index in [1.807, 2.05) is 25.1 Å². The number of aryl methyl sites for hydroxylation is 1. The quantitative estimate of drug-likeness (QED) is 0.811. The molecule has 3 rings (SSSR count). The first-order valence-corrected chi connectivity index (χ1v) is 9.44. The molecule has 0 amide bonds. The van der Waals surface area contributed by atoms with Gasteiger partial charge in [-0.15, -0.1) is 0 Å². The van der Waals surface area contributed by atoms with E-state index in [9.17, 15) is 5.11 Å². The van der Waals surface area contributed by atoms with Crippen molar-refractivity contribution in [3.05, 3.63) is 59.7 Å². The molecule has 0 aliphatic carbocycles. The second kappa shape index (κ2) is 8.39. The molecule has 134 valence electrons. The van der Waals surface area contributed by atoms with E-state index in [-0.39, 0.29) is 12.0 Å². The number of ether oxygens (including phenoxy) is 1. The van der Waals surface area contributed by atoms with Crippen LogP contribution in [0.3, 0.4) is 0 Å². The minimum absolute atomic E-state index is 0.00159. The number of hydrogen-bond donors (Lipinski definition) is 1. The van der Waals surface area contributed by atoms with E-state index in [2.05, 4.69) is 42.2 Å². The Kier molecular flexibility index (Phi) is 5.98. The summed E-state index contributed by atoms with van der Waals surface area (Å²) < 4.78 is 6.26. The highest BCUT2D eigenvalue weighted by Crippen LogP contribution is 2.32. The molecule has 2 aromatic rings. The highest BCUT2D eigenvalue weighted by molar-refractivity contribution is 5.44. The maximum Gasteiger partial charge on any atom is 0.163 e. The lowest BCUT2D eigenvalue weighted by atomic mass is 9.95. The highest BCUT2D eigenvalue weighted by atomic mass is 16.5. The Balaban J connectivity index is 1.76. The van der Waals surface area contributed by atoms with Crippen LogP contribution in [0.1, 0.15) is 43.7 Å². The van der Waals surface area contributed by atoms with Gasteiger partial charge in [-0.2, -0.15) is 0 Å². The summed E-state index contributed by atoms with van der Waals surface area (Å²) >= 11 is 0. The van der Waals surface area contributed by atoms with Crippen molar-refractivity contribution in [3.63, 3.8) is 0 Å². The number of benzene rings is 2. The van der Waals surface area contributed by atoms with Crippen molar-refractivity contribution in [1.29, 1.82) is 0 Å². The lowest BCUT2D eigenvalue weighted by molar-refractivity contribution is -0.0260. The first kappa shape index (κ1) is 17.8. The van der Waals surface area contributed by atoms with Crippen LogP contribution in [0.15, 0.2) is 48.5 Å². The summed E-state index contributed by atoms with van der Waals surface area (Å²) in [5, 5.41) is 10.3. The number of phenols is 1. The largest absolute Gasteiger partial charge is 0.504 e. The van der Waals surface area contributed by atoms with Gasteiger partial charge in [-0.3, -0.25) is 4.90 Å². The van der Waals surface area contributed by atoms with E-state index in [0.717, 1.165) is 24.9 Å². The van der Waals surface area contributed by atoms with Crippen LogP contribution in [0.5, 0.6) is 11.5 Å². The predicted octanol–water partition coefficient (Wildman–Crippen LogP) is 4.91. The van der Waals surface area contributed by atoms with Crippen LogP contribution in [0.25, 0.3) is 0 Å². The van der Waals surface area contributed by atoms with Gasteiger partial charge in [0, 0.05) is 12.6 Å². The number of nitrogens with zero attached hydrogens (tertiary/aromatic N) is 1. The molecule has 3 heteroatoms. The normalized spacial score (nSPS) is 19.5. The van der Waals surface area contributed by atoms with E-state index in [1.165, 1.54) is 24.8 Å². The summed E-state index contributed by atoms with van der Waals surface area (Å²) in [7, 11) is 0. The zero-order chi connectivity index (χ0) is 17.6. The Bertz CT molecular complexity index is 671. The van der Waals surface area contributed by atoms with Crippen LogP contribution in [0, 0.1) is 6.92 Å². The molecule has 0 saturated carbocycles. The lowest BCUT2D eigenvalue weighted by Gasteiger charge is -2.41. The predicted molar refractivity (Wildman–Crippen MR) is 102 cm³/mol. The summed E-state index contributed by atoms with van der Waals surface area (Å²) in [6.45, 7) is 5.12. The van der Waals surface area contributed by atoms with E-state index in [4.69, 9.17) is 4.74 Å². The molecule has 1 saturated heterocycles. The van der Waals surface area contributed by atoms with E-state index < -0.39 is 0 Å². The Hall–Kier alpha value is -2.00. The van der Waals surface area contributed by atoms with E-state index in [0.29, 0.717) is 11.8 Å². The first-order chi connectivity index (χ1) is 12.2. The Morgan fingerprint density at radius 3 is 2.68 bits per heavy atom. The second-order valence-electron chi connectivity index (χ2n) is 6.98. The van der Waals surface area contributed by atoms with Crippen molar-refractivity contribution in [2.45, 2.75) is 58.2 Å². The Labute approximate surface area is 151 Å². The smallest absolute Gasteiger partial charge is 0.163 e. The monoisotopic (exact) mass is 339 g/mol. The van der Waals surface area contributed by atoms with Crippen LogP contribution in [-0.2, 0) is 6.42 Å². The van der Waals surface area contributed by atoms with Gasteiger partial charge < -0.3 is 9.84 Å². The van der Waals surface area contributed by atoms with Gasteiger partial charge in [0.15, 0.2) is 17.7 Å². The molecule has 1 aliphatic rings. The molecular formula is C22H29NO2. The molecule has 0 radical (unpaired) electrons. The van der Waals surface area contributed by atoms with Crippen LogP contribution in [0.4, 0.5) is 0 Å². The molecule has 0 spiro atoms. The SMILES string of the molecule is CCC(Oc1cccc(C)c1O)N1CCCCC1Cc1ccccc1. The standard InChI is InChI=1S/C22H29NO2/c1-3-21(25-20-14-9-10-17(2)22(20)24)23-15-8-7-13-19(23)16-18-11-5-4-6-12-18/h4-6,9-12,14,19,21,24H,3,7-8,13,15-16H2,1-2H3. The number of piperidine rings is 1. The van der Waals surface area contributed by atoms with Gasteiger partial charge in [-0.05, 0) is 49.8 Å². The summed E-state index contributed by atoms with van der Waals surface area (Å²) in [6.07, 6.45) is 5.65. The molecule has 1 fully saturated rings. The van der Waals surface area contributed by atoms with E-state index >= 15 is 0 Å². The first-order valence-electron chi connectivity index (χ1n) is 9.44. The third-order valence-corrected chi connectivity index (χ3v) is 5.17. The average Bonchev–Trinajstić information content (AvgIpc) is 2.64. The minimum Gasteiger partial charge on any atom is -0.504 e. The fourth-order valence-electron chi connectivity index (χ4n) is 3.77. The average molecular weight is 339 g/mol. The molecule has 2 unspecified atom stereocenters. The Morgan fingerprint density at radius 1 is 1.12 bits per heavy atom. The van der Waals surface area contributed by atoms with Crippen molar-refractivity contribution in [2.75, 3.05) is 6.54 Å². The van der Waals surface area contributed by atoms with Gasteiger partial charge in [0.2, 0.25) is 0 Å². The van der Waals surface area contributed by atoms with Gasteiger partial charge in [0.1, 0.15) is 0 Å². The molecule has 1 heterocycles. The third-order valence-electron chi connectivity index (χ3n) is 5.17. The molecule has 1 aliphatic heterocycles. The van der Waals surface area contributed by atoms with Crippen molar-refractivity contribution in [1.82, 2.24) is 4.90 Å². The summed E-state index contributed by atoms with van der Waals surface area (Å²) in [5.41, 5.74) is 2.24. The summed E-state index contributed by atoms with van der Waals surface area (Å²) in [6, 6.07) is 16.9. The zero-order valence-corrected chi connectivity index (χ0v) is 15.3. The van der Waals surface area contributed by atoms with Crippen LogP contribution >= 0.6 is 0 Å². The third kappa shape index (κ3) is 4.35. The molecule has 2 atom stereocenters. The molecule has 1 N–H and O–H groups in total. The number of hydrogen-bond acceptors (Lipinski definition) is 3. The molecule has 2 aromatic carbocycles. The number of para-hydroxylation sites is 1. The number of rotatable bonds is 6. The molecule has 25 heavy (non-hydrogen) atoms. The summed E-state index contributed by atoms with van der Waals surface area (Å²) in [5.74, 6) is 0.855. The highest BCUT2D eigenvalue weighted by Gasteiger charge is 2.29. The van der Waals surface area contributed by atoms with Crippen molar-refractivity contribution in [2.24, 2.45) is 0 Å². The maximum absolute atomic E-state index is 10.3. The van der Waals surface area contributed by atoms with Crippen LogP contribution < -0.4 is 4.74 Å². The van der Waals surface area contributed by atoms with Gasteiger partial charge in [-0.1, -0.05) is 55.8 Å². The zero-order valence-electron chi connectivity index (χ0n) is 15.3. The maximum atomic E-state index is 10.3. The molecule has 3 nitrogen and oxygen atoms in total. The van der Waals surface area contributed by atoms with Gasteiger partial charge in [0.25, 0.3) is 0 Å². The number of likely N-dealkylation sites (tertiary alicyclic amines) is 1. The van der Waals surface area contributed by atoms with Crippen molar-refractivity contribution >= 4 is 0 Å². The van der Waals surface area contributed by atoms with Crippen molar-refractivity contribution in [3.8, 4) is 11.5 Å². The summed E-state index contributed by atoms with van der Waals surface area (Å²) in [4.78, 5) is 2.50. The van der Waals surface area contributed by atoms with Gasteiger partial charge >= 0.3 is 0 Å². The van der Waals surface area contributed by atoms with Crippen LogP contribution in [-0.4, -0.2) is 28.8 Å². The number of aromatic hydroxyl groups is 1. The fourth-order valence-corrected chi connectivity index (χ4v) is 3.77.